The fourth-order valence-corrected chi connectivity index (χ4v) is 5.29. The molecule has 0 radical (unpaired) electrons. The van der Waals surface area contributed by atoms with Crippen molar-refractivity contribution in [2.45, 2.75) is 39.3 Å². The molecule has 0 unspecified atom stereocenters. The van der Waals surface area contributed by atoms with Crippen molar-refractivity contribution in [3.05, 3.63) is 94.3 Å². The van der Waals surface area contributed by atoms with Crippen LogP contribution < -0.4 is 5.56 Å². The van der Waals surface area contributed by atoms with E-state index < -0.39 is 5.97 Å². The van der Waals surface area contributed by atoms with E-state index >= 15 is 0 Å². The standard InChI is InChI=1S/C30H28N4O3/c1-3-4-10-17-32-24-16-15-21(29(36)37-2)18-25(24)34-27-26(31-30(32)34)22-13-8-9-14-23(22)28(35)33(27)19-20-11-6-5-7-12-20/h5-9,11-16,18H,3-4,10,17,19H2,1-2H3. The molecular formula is C30H28N4O3. The maximum absolute atomic E-state index is 13.9. The summed E-state index contributed by atoms with van der Waals surface area (Å²) >= 11 is 0. The van der Waals surface area contributed by atoms with Gasteiger partial charge < -0.3 is 9.30 Å². The Kier molecular flexibility index (Phi) is 5.75. The van der Waals surface area contributed by atoms with Gasteiger partial charge in [0.15, 0.2) is 5.65 Å². The Balaban J connectivity index is 1.76. The van der Waals surface area contributed by atoms with Gasteiger partial charge in [-0.15, -0.1) is 0 Å². The number of unbranched alkanes of at least 4 members (excludes halogenated alkanes) is 2. The molecule has 0 atom stereocenters. The van der Waals surface area contributed by atoms with Crippen molar-refractivity contribution in [1.29, 1.82) is 0 Å². The van der Waals surface area contributed by atoms with Crippen molar-refractivity contribution in [1.82, 2.24) is 18.5 Å². The minimum atomic E-state index is -0.398. The molecule has 37 heavy (non-hydrogen) atoms. The number of hydrogen-bond acceptors (Lipinski definition) is 4. The highest BCUT2D eigenvalue weighted by atomic mass is 16.5. The fraction of sp³-hybridized carbons (Fsp3) is 0.233. The summed E-state index contributed by atoms with van der Waals surface area (Å²) in [6.07, 6.45) is 3.23. The number of rotatable bonds is 7. The number of aryl methyl sites for hydroxylation is 1. The molecule has 0 amide bonds. The van der Waals surface area contributed by atoms with Gasteiger partial charge in [-0.05, 0) is 36.2 Å². The summed E-state index contributed by atoms with van der Waals surface area (Å²) in [6, 6.07) is 23.2. The predicted molar refractivity (Wildman–Crippen MR) is 146 cm³/mol. The van der Waals surface area contributed by atoms with Crippen LogP contribution >= 0.6 is 0 Å². The van der Waals surface area contributed by atoms with Crippen molar-refractivity contribution in [3.63, 3.8) is 0 Å². The summed E-state index contributed by atoms with van der Waals surface area (Å²) in [5.74, 6) is 0.367. The number of benzene rings is 3. The number of pyridine rings is 1. The minimum absolute atomic E-state index is 0.0650. The minimum Gasteiger partial charge on any atom is -0.465 e. The number of hydrogen-bond donors (Lipinski definition) is 0. The molecule has 0 spiro atoms. The van der Waals surface area contributed by atoms with Crippen LogP contribution in [0.25, 0.3) is 38.7 Å². The summed E-state index contributed by atoms with van der Waals surface area (Å²) in [6.45, 7) is 3.39. The number of ether oxygens (including phenoxy) is 1. The predicted octanol–water partition coefficient (Wildman–Crippen LogP) is 5.78. The summed E-state index contributed by atoms with van der Waals surface area (Å²) in [5.41, 5.74) is 4.72. The average molecular weight is 493 g/mol. The molecule has 0 aliphatic heterocycles. The number of aromatic nitrogens is 4. The average Bonchev–Trinajstić information content (AvgIpc) is 3.46. The SMILES string of the molecule is CCCCCn1c2ccc(C(=O)OC)cc2n2c3c(nc12)c1ccccc1c(=O)n3Cc1ccccc1. The second-order valence-electron chi connectivity index (χ2n) is 9.40. The van der Waals surface area contributed by atoms with Gasteiger partial charge in [-0.3, -0.25) is 13.8 Å². The van der Waals surface area contributed by atoms with Gasteiger partial charge in [0.25, 0.3) is 5.56 Å². The zero-order valence-corrected chi connectivity index (χ0v) is 21.0. The molecular weight excluding hydrogens is 464 g/mol. The number of fused-ring (bicyclic) bond motifs is 7. The molecule has 0 aliphatic carbocycles. The second kappa shape index (κ2) is 9.24. The molecule has 3 aromatic heterocycles. The van der Waals surface area contributed by atoms with Crippen LogP contribution in [-0.2, 0) is 17.8 Å². The highest BCUT2D eigenvalue weighted by Gasteiger charge is 2.23. The first kappa shape index (κ1) is 23.0. The van der Waals surface area contributed by atoms with Crippen LogP contribution in [0.1, 0.15) is 42.1 Å². The van der Waals surface area contributed by atoms with Crippen molar-refractivity contribution in [2.24, 2.45) is 0 Å². The van der Waals surface area contributed by atoms with Gasteiger partial charge in [-0.1, -0.05) is 68.3 Å². The summed E-state index contributed by atoms with van der Waals surface area (Å²) in [7, 11) is 1.38. The van der Waals surface area contributed by atoms with E-state index in [9.17, 15) is 9.59 Å². The number of carbonyl (C=O) groups is 1. The van der Waals surface area contributed by atoms with Crippen LogP contribution in [0.4, 0.5) is 0 Å². The molecule has 3 heterocycles. The largest absolute Gasteiger partial charge is 0.465 e. The molecule has 7 heteroatoms. The molecule has 0 saturated carbocycles. The first-order valence-electron chi connectivity index (χ1n) is 12.7. The van der Waals surface area contributed by atoms with Gasteiger partial charge in [-0.25, -0.2) is 9.78 Å². The topological polar surface area (TPSA) is 70.5 Å². The lowest BCUT2D eigenvalue weighted by Crippen LogP contribution is -2.22. The van der Waals surface area contributed by atoms with Gasteiger partial charge in [-0.2, -0.15) is 0 Å². The van der Waals surface area contributed by atoms with Crippen LogP contribution in [0, 0.1) is 0 Å². The number of carbonyl (C=O) groups excluding carboxylic acids is 1. The maximum atomic E-state index is 13.9. The van der Waals surface area contributed by atoms with E-state index in [1.807, 2.05) is 75.7 Å². The van der Waals surface area contributed by atoms with Gasteiger partial charge in [0.1, 0.15) is 5.52 Å². The third-order valence-corrected chi connectivity index (χ3v) is 7.09. The number of esters is 1. The lowest BCUT2D eigenvalue weighted by Gasteiger charge is -2.11. The first-order valence-corrected chi connectivity index (χ1v) is 12.7. The van der Waals surface area contributed by atoms with E-state index in [-0.39, 0.29) is 5.56 Å². The summed E-state index contributed by atoms with van der Waals surface area (Å²) in [5, 5.41) is 1.47. The lowest BCUT2D eigenvalue weighted by atomic mass is 10.1. The smallest absolute Gasteiger partial charge is 0.337 e. The molecule has 7 nitrogen and oxygen atoms in total. The Hall–Kier alpha value is -4.39. The Bertz CT molecular complexity index is 1840. The number of nitrogens with zero attached hydrogens (tertiary/aromatic N) is 4. The summed E-state index contributed by atoms with van der Waals surface area (Å²) in [4.78, 5) is 31.5. The van der Waals surface area contributed by atoms with E-state index in [1.165, 1.54) is 7.11 Å². The van der Waals surface area contributed by atoms with Crippen molar-refractivity contribution in [3.8, 4) is 0 Å². The van der Waals surface area contributed by atoms with Crippen LogP contribution in [0.2, 0.25) is 0 Å². The van der Waals surface area contributed by atoms with Gasteiger partial charge in [0.2, 0.25) is 5.78 Å². The zero-order valence-electron chi connectivity index (χ0n) is 21.0. The Morgan fingerprint density at radius 2 is 1.65 bits per heavy atom. The number of imidazole rings is 2. The monoisotopic (exact) mass is 492 g/mol. The Morgan fingerprint density at radius 3 is 2.41 bits per heavy atom. The quantitative estimate of drug-likeness (QED) is 0.209. The van der Waals surface area contributed by atoms with Crippen molar-refractivity contribution in [2.75, 3.05) is 7.11 Å². The molecule has 6 rings (SSSR count). The normalized spacial score (nSPS) is 11.7. The van der Waals surface area contributed by atoms with E-state index in [0.717, 1.165) is 64.7 Å². The van der Waals surface area contributed by atoms with Crippen LogP contribution in [0.3, 0.4) is 0 Å². The van der Waals surface area contributed by atoms with E-state index in [0.29, 0.717) is 17.5 Å². The molecule has 0 aliphatic rings. The molecule has 0 N–H and O–H groups in total. The maximum Gasteiger partial charge on any atom is 0.337 e. The van der Waals surface area contributed by atoms with Crippen LogP contribution in [0.5, 0.6) is 0 Å². The Labute approximate surface area is 213 Å². The molecule has 0 fully saturated rings. The van der Waals surface area contributed by atoms with E-state index in [2.05, 4.69) is 11.5 Å². The van der Waals surface area contributed by atoms with Crippen LogP contribution in [-0.4, -0.2) is 31.6 Å². The molecule has 0 saturated heterocycles. The van der Waals surface area contributed by atoms with Gasteiger partial charge in [0, 0.05) is 17.3 Å². The summed E-state index contributed by atoms with van der Waals surface area (Å²) < 4.78 is 11.1. The highest BCUT2D eigenvalue weighted by molar-refractivity contribution is 6.05. The third-order valence-electron chi connectivity index (χ3n) is 7.09. The van der Waals surface area contributed by atoms with E-state index in [4.69, 9.17) is 9.72 Å². The van der Waals surface area contributed by atoms with Crippen molar-refractivity contribution >= 4 is 44.7 Å². The highest BCUT2D eigenvalue weighted by Crippen LogP contribution is 2.31. The molecule has 6 aromatic rings. The van der Waals surface area contributed by atoms with Gasteiger partial charge in [0.05, 0.1) is 30.3 Å². The molecule has 0 bridgehead atoms. The van der Waals surface area contributed by atoms with Crippen molar-refractivity contribution < 1.29 is 9.53 Å². The lowest BCUT2D eigenvalue weighted by molar-refractivity contribution is 0.0601. The van der Waals surface area contributed by atoms with E-state index in [1.54, 1.807) is 6.07 Å². The Morgan fingerprint density at radius 1 is 0.892 bits per heavy atom. The van der Waals surface area contributed by atoms with Gasteiger partial charge >= 0.3 is 5.97 Å². The second-order valence-corrected chi connectivity index (χ2v) is 9.40. The fourth-order valence-electron chi connectivity index (χ4n) is 5.29. The third kappa shape index (κ3) is 3.69. The molecule has 186 valence electrons. The van der Waals surface area contributed by atoms with Crippen LogP contribution in [0.15, 0.2) is 77.6 Å². The number of methoxy groups -OCH3 is 1. The first-order chi connectivity index (χ1) is 18.1. The zero-order chi connectivity index (χ0) is 25.5. The molecule has 3 aromatic carbocycles.